The molecule has 2 heterocycles. The number of aromatic nitrogens is 1. The average molecular weight is 243 g/mol. The fourth-order valence-electron chi connectivity index (χ4n) is 2.33. The Morgan fingerprint density at radius 3 is 2.89 bits per heavy atom. The highest BCUT2D eigenvalue weighted by Crippen LogP contribution is 2.39. The highest BCUT2D eigenvalue weighted by Gasteiger charge is 2.26. The summed E-state index contributed by atoms with van der Waals surface area (Å²) in [7, 11) is 0. The van der Waals surface area contributed by atoms with E-state index in [2.05, 4.69) is 16.4 Å². The molecule has 94 valence electrons. The van der Waals surface area contributed by atoms with Crippen LogP contribution in [-0.4, -0.2) is 24.2 Å². The molecule has 0 aromatic carbocycles. The van der Waals surface area contributed by atoms with Crippen LogP contribution < -0.4 is 5.32 Å². The van der Waals surface area contributed by atoms with Crippen LogP contribution in [0.5, 0.6) is 0 Å². The van der Waals surface area contributed by atoms with Crippen molar-refractivity contribution in [1.29, 1.82) is 5.26 Å². The lowest BCUT2D eigenvalue weighted by molar-refractivity contribution is 0.0875. The van der Waals surface area contributed by atoms with Crippen LogP contribution in [0.15, 0.2) is 12.1 Å². The van der Waals surface area contributed by atoms with Gasteiger partial charge in [0, 0.05) is 18.2 Å². The van der Waals surface area contributed by atoms with Gasteiger partial charge in [-0.1, -0.05) is 0 Å². The minimum Gasteiger partial charge on any atom is -0.379 e. The number of ether oxygens (including phenoxy) is 1. The lowest BCUT2D eigenvalue weighted by Gasteiger charge is -2.24. The van der Waals surface area contributed by atoms with E-state index in [0.717, 1.165) is 31.0 Å². The van der Waals surface area contributed by atoms with Gasteiger partial charge in [0.1, 0.15) is 11.9 Å². The summed E-state index contributed by atoms with van der Waals surface area (Å²) in [6.07, 6.45) is 4.61. The first-order chi connectivity index (χ1) is 8.86. The zero-order valence-electron chi connectivity index (χ0n) is 10.4. The fraction of sp³-hybridized carbons (Fsp3) is 0.571. The van der Waals surface area contributed by atoms with Gasteiger partial charge in [-0.3, -0.25) is 0 Å². The monoisotopic (exact) mass is 243 g/mol. The van der Waals surface area contributed by atoms with E-state index in [-0.39, 0.29) is 6.04 Å². The molecule has 1 saturated heterocycles. The van der Waals surface area contributed by atoms with Crippen molar-refractivity contribution in [3.8, 4) is 6.07 Å². The van der Waals surface area contributed by atoms with E-state index in [0.29, 0.717) is 18.1 Å². The fourth-order valence-corrected chi connectivity index (χ4v) is 2.33. The minimum absolute atomic E-state index is 0.285. The van der Waals surface area contributed by atoms with Gasteiger partial charge < -0.3 is 10.1 Å². The second-order valence-electron chi connectivity index (χ2n) is 5.08. The van der Waals surface area contributed by atoms with Crippen LogP contribution in [0.25, 0.3) is 0 Å². The molecule has 0 amide bonds. The zero-order chi connectivity index (χ0) is 12.4. The first kappa shape index (κ1) is 11.5. The van der Waals surface area contributed by atoms with Gasteiger partial charge in [-0.15, -0.1) is 0 Å². The molecule has 2 fully saturated rings. The Labute approximate surface area is 107 Å². The van der Waals surface area contributed by atoms with Crippen molar-refractivity contribution in [3.05, 3.63) is 23.4 Å². The Kier molecular flexibility index (Phi) is 3.16. The Balaban J connectivity index is 1.79. The zero-order valence-corrected chi connectivity index (χ0v) is 10.4. The Morgan fingerprint density at radius 1 is 1.33 bits per heavy atom. The lowest BCUT2D eigenvalue weighted by atomic mass is 10.1. The van der Waals surface area contributed by atoms with Crippen LogP contribution in [0.1, 0.15) is 42.9 Å². The SMILES string of the molecule is N#Cc1ccc(C2CC2)nc1N[C@H]1CCCOC1. The molecule has 1 aliphatic heterocycles. The van der Waals surface area contributed by atoms with Crippen molar-refractivity contribution in [2.75, 3.05) is 18.5 Å². The van der Waals surface area contributed by atoms with E-state index < -0.39 is 0 Å². The molecule has 18 heavy (non-hydrogen) atoms. The molecule has 0 radical (unpaired) electrons. The van der Waals surface area contributed by atoms with Gasteiger partial charge in [0.15, 0.2) is 0 Å². The maximum absolute atomic E-state index is 9.13. The van der Waals surface area contributed by atoms with Gasteiger partial charge in [-0.25, -0.2) is 4.98 Å². The molecule has 1 N–H and O–H groups in total. The second kappa shape index (κ2) is 4.95. The van der Waals surface area contributed by atoms with Gasteiger partial charge in [0.2, 0.25) is 0 Å². The van der Waals surface area contributed by atoms with E-state index in [1.54, 1.807) is 0 Å². The summed E-state index contributed by atoms with van der Waals surface area (Å²) in [6.45, 7) is 1.55. The number of hydrogen-bond acceptors (Lipinski definition) is 4. The summed E-state index contributed by atoms with van der Waals surface area (Å²) in [5, 5.41) is 12.5. The second-order valence-corrected chi connectivity index (χ2v) is 5.08. The van der Waals surface area contributed by atoms with Gasteiger partial charge in [-0.05, 0) is 37.8 Å². The summed E-state index contributed by atoms with van der Waals surface area (Å²) in [4.78, 5) is 4.61. The standard InChI is InChI=1S/C14H17N3O/c15-8-11-5-6-13(10-3-4-10)17-14(11)16-12-2-1-7-18-9-12/h5-6,10,12H,1-4,7,9H2,(H,16,17)/t12-/m0/s1. The summed E-state index contributed by atoms with van der Waals surface area (Å²) >= 11 is 0. The number of nitrogens with zero attached hydrogens (tertiary/aromatic N) is 2. The van der Waals surface area contributed by atoms with E-state index in [9.17, 15) is 0 Å². The third kappa shape index (κ3) is 2.46. The van der Waals surface area contributed by atoms with Crippen LogP contribution in [-0.2, 0) is 4.74 Å². The molecule has 1 saturated carbocycles. The van der Waals surface area contributed by atoms with Gasteiger partial charge >= 0.3 is 0 Å². The molecule has 1 aromatic heterocycles. The molecule has 0 bridgehead atoms. The molecule has 4 heteroatoms. The number of nitrogens with one attached hydrogen (secondary N) is 1. The molecular weight excluding hydrogens is 226 g/mol. The first-order valence-corrected chi connectivity index (χ1v) is 6.62. The third-order valence-corrected chi connectivity index (χ3v) is 3.53. The van der Waals surface area contributed by atoms with E-state index in [4.69, 9.17) is 10.00 Å². The highest BCUT2D eigenvalue weighted by molar-refractivity contribution is 5.53. The van der Waals surface area contributed by atoms with Gasteiger partial charge in [0.05, 0.1) is 18.2 Å². The smallest absolute Gasteiger partial charge is 0.144 e. The maximum atomic E-state index is 9.13. The molecule has 0 unspecified atom stereocenters. The molecule has 1 aromatic rings. The summed E-state index contributed by atoms with van der Waals surface area (Å²) < 4.78 is 5.44. The maximum Gasteiger partial charge on any atom is 0.144 e. The van der Waals surface area contributed by atoms with Crippen LogP contribution in [0.2, 0.25) is 0 Å². The Bertz CT molecular complexity index is 470. The minimum atomic E-state index is 0.285. The summed E-state index contributed by atoms with van der Waals surface area (Å²) in [5.74, 6) is 1.35. The van der Waals surface area contributed by atoms with E-state index in [1.807, 2.05) is 12.1 Å². The van der Waals surface area contributed by atoms with Gasteiger partial charge in [-0.2, -0.15) is 5.26 Å². The lowest BCUT2D eigenvalue weighted by Crippen LogP contribution is -2.30. The van der Waals surface area contributed by atoms with Gasteiger partial charge in [0.25, 0.3) is 0 Å². The Morgan fingerprint density at radius 2 is 2.22 bits per heavy atom. The van der Waals surface area contributed by atoms with E-state index >= 15 is 0 Å². The van der Waals surface area contributed by atoms with Crippen LogP contribution in [0, 0.1) is 11.3 Å². The van der Waals surface area contributed by atoms with Crippen LogP contribution in [0.3, 0.4) is 0 Å². The topological polar surface area (TPSA) is 57.9 Å². The number of anilines is 1. The van der Waals surface area contributed by atoms with Crippen molar-refractivity contribution < 1.29 is 4.74 Å². The molecule has 1 aliphatic carbocycles. The van der Waals surface area contributed by atoms with Crippen molar-refractivity contribution >= 4 is 5.82 Å². The summed E-state index contributed by atoms with van der Waals surface area (Å²) in [6, 6.07) is 6.36. The third-order valence-electron chi connectivity index (χ3n) is 3.53. The highest BCUT2D eigenvalue weighted by atomic mass is 16.5. The van der Waals surface area contributed by atoms with Crippen molar-refractivity contribution in [3.63, 3.8) is 0 Å². The molecule has 4 nitrogen and oxygen atoms in total. The van der Waals surface area contributed by atoms with E-state index in [1.165, 1.54) is 12.8 Å². The summed E-state index contributed by atoms with van der Waals surface area (Å²) in [5.41, 5.74) is 1.75. The normalized spacial score (nSPS) is 23.4. The number of hydrogen-bond donors (Lipinski definition) is 1. The number of pyridine rings is 1. The Hall–Kier alpha value is -1.60. The quantitative estimate of drug-likeness (QED) is 0.885. The molecule has 2 aliphatic rings. The number of nitriles is 1. The molecular formula is C14H17N3O. The average Bonchev–Trinajstić information content (AvgIpc) is 3.24. The van der Waals surface area contributed by atoms with Crippen LogP contribution >= 0.6 is 0 Å². The number of rotatable bonds is 3. The predicted molar refractivity (Wildman–Crippen MR) is 68.4 cm³/mol. The van der Waals surface area contributed by atoms with Crippen molar-refractivity contribution in [1.82, 2.24) is 4.98 Å². The largest absolute Gasteiger partial charge is 0.379 e. The van der Waals surface area contributed by atoms with Crippen molar-refractivity contribution in [2.45, 2.75) is 37.6 Å². The molecule has 1 atom stereocenters. The molecule has 0 spiro atoms. The molecule has 3 rings (SSSR count). The first-order valence-electron chi connectivity index (χ1n) is 6.62. The predicted octanol–water partition coefficient (Wildman–Crippen LogP) is 2.42. The van der Waals surface area contributed by atoms with Crippen molar-refractivity contribution in [2.24, 2.45) is 0 Å². The van der Waals surface area contributed by atoms with Crippen LogP contribution in [0.4, 0.5) is 5.82 Å².